The van der Waals surface area contributed by atoms with Gasteiger partial charge in [-0.1, -0.05) is 12.1 Å². The minimum atomic E-state index is -3.71. The van der Waals surface area contributed by atoms with E-state index in [9.17, 15) is 18.0 Å². The monoisotopic (exact) mass is 339 g/mol. The number of sulfonamides is 1. The standard InChI is InChI=1S/C14H17N3O5S/c1-9-12(14(19)22-17(9)2)13(18)16-8-7-10-3-5-11(6-4-10)23(15,20)21/h3-6H,7-8H2,1-2H3,(H,16,18)(H2,15,20,21). The lowest BCUT2D eigenvalue weighted by Crippen LogP contribution is -2.29. The van der Waals surface area contributed by atoms with Crippen LogP contribution in [0.4, 0.5) is 0 Å². The van der Waals surface area contributed by atoms with Crippen LogP contribution in [-0.4, -0.2) is 25.6 Å². The van der Waals surface area contributed by atoms with Crippen molar-refractivity contribution in [2.24, 2.45) is 12.2 Å². The Hall–Kier alpha value is -2.39. The molecule has 1 amide bonds. The number of primary sulfonamides is 1. The fourth-order valence-electron chi connectivity index (χ4n) is 2.06. The number of nitrogens with zero attached hydrogens (tertiary/aromatic N) is 1. The lowest BCUT2D eigenvalue weighted by molar-refractivity contribution is 0.0951. The van der Waals surface area contributed by atoms with Crippen molar-refractivity contribution in [1.82, 2.24) is 10.1 Å². The Morgan fingerprint density at radius 2 is 1.91 bits per heavy atom. The molecule has 1 aromatic carbocycles. The highest BCUT2D eigenvalue weighted by molar-refractivity contribution is 7.89. The molecule has 3 N–H and O–H groups in total. The van der Waals surface area contributed by atoms with E-state index < -0.39 is 21.6 Å². The van der Waals surface area contributed by atoms with Gasteiger partial charge in [-0.2, -0.15) is 0 Å². The molecule has 0 aliphatic rings. The van der Waals surface area contributed by atoms with Crippen LogP contribution in [0.1, 0.15) is 21.6 Å². The highest BCUT2D eigenvalue weighted by Crippen LogP contribution is 2.09. The number of carbonyl (C=O) groups excluding carboxylic acids is 1. The molecule has 0 bridgehead atoms. The van der Waals surface area contributed by atoms with Crippen LogP contribution in [0.15, 0.2) is 38.5 Å². The van der Waals surface area contributed by atoms with Gasteiger partial charge in [0.05, 0.1) is 10.6 Å². The number of amides is 1. The third-order valence-electron chi connectivity index (χ3n) is 3.44. The summed E-state index contributed by atoms with van der Waals surface area (Å²) in [6.45, 7) is 1.91. The molecular formula is C14H17N3O5S. The van der Waals surface area contributed by atoms with E-state index in [0.29, 0.717) is 18.7 Å². The lowest BCUT2D eigenvalue weighted by atomic mass is 10.1. The van der Waals surface area contributed by atoms with E-state index >= 15 is 0 Å². The third-order valence-corrected chi connectivity index (χ3v) is 4.37. The van der Waals surface area contributed by atoms with Crippen LogP contribution in [-0.2, 0) is 23.5 Å². The van der Waals surface area contributed by atoms with Crippen molar-refractivity contribution in [3.8, 4) is 0 Å². The van der Waals surface area contributed by atoms with E-state index in [0.717, 1.165) is 5.56 Å². The van der Waals surface area contributed by atoms with Gasteiger partial charge in [0.15, 0.2) is 0 Å². The number of nitrogens with two attached hydrogens (primary N) is 1. The maximum atomic E-state index is 12.0. The van der Waals surface area contributed by atoms with E-state index in [2.05, 4.69) is 5.32 Å². The van der Waals surface area contributed by atoms with Crippen LogP contribution in [0, 0.1) is 6.92 Å². The van der Waals surface area contributed by atoms with Crippen molar-refractivity contribution < 1.29 is 17.7 Å². The van der Waals surface area contributed by atoms with E-state index in [-0.39, 0.29) is 10.5 Å². The topological polar surface area (TPSA) is 124 Å². The Balaban J connectivity index is 1.97. The molecule has 0 saturated heterocycles. The highest BCUT2D eigenvalue weighted by Gasteiger charge is 2.18. The summed E-state index contributed by atoms with van der Waals surface area (Å²) < 4.78 is 28.3. The molecule has 1 heterocycles. The first-order valence-electron chi connectivity index (χ1n) is 6.77. The number of hydrogen-bond donors (Lipinski definition) is 2. The number of aryl methyl sites for hydroxylation is 1. The molecule has 2 rings (SSSR count). The second-order valence-corrected chi connectivity index (χ2v) is 6.59. The van der Waals surface area contributed by atoms with Gasteiger partial charge in [0.25, 0.3) is 5.91 Å². The summed E-state index contributed by atoms with van der Waals surface area (Å²) in [6, 6.07) is 6.05. The van der Waals surface area contributed by atoms with Gasteiger partial charge >= 0.3 is 5.63 Å². The minimum Gasteiger partial charge on any atom is -0.351 e. The van der Waals surface area contributed by atoms with E-state index in [1.165, 1.54) is 16.9 Å². The first kappa shape index (κ1) is 17.0. The van der Waals surface area contributed by atoms with E-state index in [1.807, 2.05) is 0 Å². The molecule has 0 aliphatic carbocycles. The summed E-state index contributed by atoms with van der Waals surface area (Å²) in [6.07, 6.45) is 0.480. The van der Waals surface area contributed by atoms with Crippen molar-refractivity contribution in [2.75, 3.05) is 6.54 Å². The number of rotatable bonds is 5. The second kappa shape index (κ2) is 6.39. The molecule has 0 saturated carbocycles. The highest BCUT2D eigenvalue weighted by atomic mass is 32.2. The van der Waals surface area contributed by atoms with Gasteiger partial charge < -0.3 is 9.84 Å². The zero-order valence-corrected chi connectivity index (χ0v) is 13.5. The first-order chi connectivity index (χ1) is 10.7. The largest absolute Gasteiger partial charge is 0.370 e. The molecule has 9 heteroatoms. The van der Waals surface area contributed by atoms with Crippen molar-refractivity contribution >= 4 is 15.9 Å². The van der Waals surface area contributed by atoms with E-state index in [4.69, 9.17) is 9.66 Å². The van der Waals surface area contributed by atoms with Crippen LogP contribution in [0.5, 0.6) is 0 Å². The van der Waals surface area contributed by atoms with Crippen LogP contribution in [0.2, 0.25) is 0 Å². The molecule has 23 heavy (non-hydrogen) atoms. The molecule has 124 valence electrons. The Kier molecular flexibility index (Phi) is 4.71. The maximum absolute atomic E-state index is 12.0. The Labute approximate surface area is 132 Å². The van der Waals surface area contributed by atoms with Gasteiger partial charge in [-0.25, -0.2) is 23.1 Å². The molecule has 8 nitrogen and oxygen atoms in total. The summed E-state index contributed by atoms with van der Waals surface area (Å²) in [5.41, 5.74) is 0.580. The van der Waals surface area contributed by atoms with Crippen molar-refractivity contribution in [2.45, 2.75) is 18.2 Å². The number of nitrogens with one attached hydrogen (secondary N) is 1. The molecule has 0 unspecified atom stereocenters. The molecule has 0 fully saturated rings. The van der Waals surface area contributed by atoms with Crippen molar-refractivity contribution in [1.29, 1.82) is 0 Å². The van der Waals surface area contributed by atoms with Crippen molar-refractivity contribution in [3.05, 3.63) is 51.5 Å². The molecule has 0 aliphatic heterocycles. The van der Waals surface area contributed by atoms with Gasteiger partial charge in [-0.15, -0.1) is 0 Å². The maximum Gasteiger partial charge on any atom is 0.370 e. The summed E-state index contributed by atoms with van der Waals surface area (Å²) in [5, 5.41) is 7.65. The summed E-state index contributed by atoms with van der Waals surface area (Å²) in [5.74, 6) is -0.502. The summed E-state index contributed by atoms with van der Waals surface area (Å²) in [4.78, 5) is 23.6. The fourth-order valence-corrected chi connectivity index (χ4v) is 2.57. The zero-order valence-electron chi connectivity index (χ0n) is 12.7. The SMILES string of the molecule is Cc1c(C(=O)NCCc2ccc(S(N)(=O)=O)cc2)c(=O)on1C. The molecule has 0 spiro atoms. The number of benzene rings is 1. The quantitative estimate of drug-likeness (QED) is 0.787. The number of carbonyl (C=O) groups is 1. The van der Waals surface area contributed by atoms with Gasteiger partial charge in [-0.3, -0.25) is 4.79 Å². The van der Waals surface area contributed by atoms with Gasteiger partial charge in [0, 0.05) is 13.6 Å². The average Bonchev–Trinajstić information content (AvgIpc) is 2.71. The second-order valence-electron chi connectivity index (χ2n) is 5.03. The van der Waals surface area contributed by atoms with Crippen LogP contribution in [0.3, 0.4) is 0 Å². The first-order valence-corrected chi connectivity index (χ1v) is 8.31. The Bertz CT molecular complexity index is 878. The van der Waals surface area contributed by atoms with Gasteiger partial charge in [0.2, 0.25) is 10.0 Å². The van der Waals surface area contributed by atoms with Crippen LogP contribution >= 0.6 is 0 Å². The Morgan fingerprint density at radius 1 is 1.30 bits per heavy atom. The number of hydrogen-bond acceptors (Lipinski definition) is 5. The molecule has 0 atom stereocenters. The minimum absolute atomic E-state index is 0.0166. The molecule has 1 aromatic heterocycles. The molecule has 2 aromatic rings. The Morgan fingerprint density at radius 3 is 2.39 bits per heavy atom. The number of aromatic nitrogens is 1. The van der Waals surface area contributed by atoms with Crippen LogP contribution < -0.4 is 16.1 Å². The fraction of sp³-hybridized carbons (Fsp3) is 0.286. The normalized spacial score (nSPS) is 11.4. The lowest BCUT2D eigenvalue weighted by Gasteiger charge is -2.05. The van der Waals surface area contributed by atoms with Crippen LogP contribution in [0.25, 0.3) is 0 Å². The van der Waals surface area contributed by atoms with E-state index in [1.54, 1.807) is 26.1 Å². The summed E-state index contributed by atoms with van der Waals surface area (Å²) in [7, 11) is -2.17. The predicted octanol–water partition coefficient (Wildman–Crippen LogP) is -0.0934. The van der Waals surface area contributed by atoms with Gasteiger partial charge in [-0.05, 0) is 31.0 Å². The van der Waals surface area contributed by atoms with Gasteiger partial charge in [0.1, 0.15) is 5.56 Å². The smallest absolute Gasteiger partial charge is 0.351 e. The molecular weight excluding hydrogens is 322 g/mol. The summed E-state index contributed by atoms with van der Waals surface area (Å²) >= 11 is 0. The third kappa shape index (κ3) is 3.88. The molecule has 0 radical (unpaired) electrons. The zero-order chi connectivity index (χ0) is 17.2. The average molecular weight is 339 g/mol. The predicted molar refractivity (Wildman–Crippen MR) is 82.5 cm³/mol. The van der Waals surface area contributed by atoms with Crippen molar-refractivity contribution in [3.63, 3.8) is 0 Å².